The molecule has 0 aliphatic carbocycles. The molecule has 0 saturated carbocycles. The van der Waals surface area contributed by atoms with E-state index >= 15 is 0 Å². The van der Waals surface area contributed by atoms with Crippen molar-refractivity contribution in [1.29, 1.82) is 0 Å². The first-order valence-corrected chi connectivity index (χ1v) is 8.20. The van der Waals surface area contributed by atoms with Gasteiger partial charge in [0.1, 0.15) is 5.75 Å². The van der Waals surface area contributed by atoms with E-state index in [0.29, 0.717) is 0 Å². The maximum absolute atomic E-state index is 12.0. The van der Waals surface area contributed by atoms with Gasteiger partial charge in [-0.1, -0.05) is 0 Å². The van der Waals surface area contributed by atoms with Crippen molar-refractivity contribution in [2.45, 2.75) is 0 Å². The molecule has 162 valence electrons. The molecule has 0 spiro atoms. The molecule has 0 fully saturated rings. The number of carboxylic acids is 4. The molecule has 0 bridgehead atoms. The average molecular weight is 434 g/mol. The third-order valence-corrected chi connectivity index (χ3v) is 3.75. The van der Waals surface area contributed by atoms with Crippen LogP contribution in [0.2, 0.25) is 0 Å². The summed E-state index contributed by atoms with van der Waals surface area (Å²) in [6, 6.07) is 6.12. The largest absolute Gasteiger partial charge is 0.478 e. The highest BCUT2D eigenvalue weighted by molar-refractivity contribution is 6.04. The lowest BCUT2D eigenvalue weighted by molar-refractivity contribution is -0.0768. The van der Waals surface area contributed by atoms with Crippen LogP contribution in [0.5, 0.6) is 5.75 Å². The summed E-state index contributed by atoms with van der Waals surface area (Å²) in [5.74, 6) is -6.89. The van der Waals surface area contributed by atoms with Gasteiger partial charge in [-0.25, -0.2) is 24.0 Å². The molecule has 0 atom stereocenters. The van der Waals surface area contributed by atoms with E-state index in [1.165, 1.54) is 6.07 Å². The van der Waals surface area contributed by atoms with Gasteiger partial charge < -0.3 is 34.6 Å². The average Bonchev–Trinajstić information content (AvgIpc) is 2.72. The standard InChI is InChI=1S/C19H14O12/c20-15(21)11-3-1-9(5-13(11)17(24)25)19(28)31-8-29-7-30-10-2-4-12(16(22)23)14(6-10)18(26)27/h1-6H,7-8H2,(H,20,21)(H,22,23)(H,24,25)(H,26,27). The van der Waals surface area contributed by atoms with Crippen molar-refractivity contribution in [2.24, 2.45) is 0 Å². The number of aromatic carboxylic acids is 4. The second kappa shape index (κ2) is 9.84. The van der Waals surface area contributed by atoms with E-state index in [1.807, 2.05) is 0 Å². The van der Waals surface area contributed by atoms with E-state index in [0.717, 1.165) is 30.3 Å². The minimum Gasteiger partial charge on any atom is -0.478 e. The quantitative estimate of drug-likeness (QED) is 0.240. The van der Waals surface area contributed by atoms with E-state index in [-0.39, 0.29) is 11.3 Å². The zero-order valence-corrected chi connectivity index (χ0v) is 15.4. The third-order valence-electron chi connectivity index (χ3n) is 3.75. The highest BCUT2D eigenvalue weighted by Gasteiger charge is 2.19. The van der Waals surface area contributed by atoms with Crippen LogP contribution in [-0.4, -0.2) is 63.9 Å². The molecule has 2 rings (SSSR count). The van der Waals surface area contributed by atoms with E-state index in [1.54, 1.807) is 0 Å². The number of ether oxygens (including phenoxy) is 3. The molecule has 31 heavy (non-hydrogen) atoms. The zero-order valence-electron chi connectivity index (χ0n) is 15.4. The molecule has 12 nitrogen and oxygen atoms in total. The molecule has 0 heterocycles. The predicted octanol–water partition coefficient (Wildman–Crippen LogP) is 1.65. The number of hydrogen-bond acceptors (Lipinski definition) is 8. The number of carbonyl (C=O) groups is 5. The Morgan fingerprint density at radius 1 is 0.645 bits per heavy atom. The van der Waals surface area contributed by atoms with Gasteiger partial charge in [0, 0.05) is 0 Å². The fourth-order valence-corrected chi connectivity index (χ4v) is 2.33. The molecule has 2 aromatic carbocycles. The van der Waals surface area contributed by atoms with E-state index in [4.69, 9.17) is 34.6 Å². The molecular formula is C19H14O12. The molecule has 0 aromatic heterocycles. The number of benzene rings is 2. The fourth-order valence-electron chi connectivity index (χ4n) is 2.33. The summed E-state index contributed by atoms with van der Waals surface area (Å²) in [5, 5.41) is 36.0. The van der Waals surface area contributed by atoms with Crippen molar-refractivity contribution in [1.82, 2.24) is 0 Å². The minimum absolute atomic E-state index is 0.0101. The lowest BCUT2D eigenvalue weighted by atomic mass is 10.0. The normalized spacial score (nSPS) is 10.2. The van der Waals surface area contributed by atoms with Gasteiger partial charge in [0.15, 0.2) is 13.6 Å². The molecule has 4 N–H and O–H groups in total. The van der Waals surface area contributed by atoms with Crippen LogP contribution in [0.4, 0.5) is 0 Å². The monoisotopic (exact) mass is 434 g/mol. The molecule has 0 unspecified atom stereocenters. The lowest BCUT2D eigenvalue weighted by Crippen LogP contribution is -2.14. The van der Waals surface area contributed by atoms with Gasteiger partial charge in [-0.3, -0.25) is 0 Å². The molecule has 2 aromatic rings. The van der Waals surface area contributed by atoms with Crippen molar-refractivity contribution in [3.05, 3.63) is 64.2 Å². The first kappa shape index (κ1) is 22.8. The number of carbonyl (C=O) groups excluding carboxylic acids is 1. The van der Waals surface area contributed by atoms with Crippen LogP contribution < -0.4 is 4.74 Å². The smallest absolute Gasteiger partial charge is 0.340 e. The fraction of sp³-hybridized carbons (Fsp3) is 0.105. The Bertz CT molecular complexity index is 1060. The summed E-state index contributed by atoms with van der Waals surface area (Å²) in [6.07, 6.45) is 0. The van der Waals surface area contributed by atoms with E-state index in [2.05, 4.69) is 0 Å². The van der Waals surface area contributed by atoms with Gasteiger partial charge in [0.2, 0.25) is 0 Å². The van der Waals surface area contributed by atoms with Crippen LogP contribution in [0.3, 0.4) is 0 Å². The summed E-state index contributed by atoms with van der Waals surface area (Å²) < 4.78 is 14.8. The highest BCUT2D eigenvalue weighted by atomic mass is 16.7. The number of esters is 1. The summed E-state index contributed by atoms with van der Waals surface area (Å²) in [7, 11) is 0. The Hall–Kier alpha value is -4.45. The van der Waals surface area contributed by atoms with Crippen LogP contribution >= 0.6 is 0 Å². The maximum atomic E-state index is 12.0. The SMILES string of the molecule is O=C(OCOCOc1ccc(C(=O)O)c(C(=O)O)c1)c1ccc(C(=O)O)c(C(=O)O)c1. The number of carboxylic acid groups (broad SMARTS) is 4. The summed E-state index contributed by atoms with van der Waals surface area (Å²) in [5.41, 5.74) is -2.23. The lowest BCUT2D eigenvalue weighted by Gasteiger charge is -2.10. The molecule has 0 saturated heterocycles. The van der Waals surface area contributed by atoms with Gasteiger partial charge in [-0.05, 0) is 36.4 Å². The Morgan fingerprint density at radius 3 is 1.71 bits per heavy atom. The van der Waals surface area contributed by atoms with Gasteiger partial charge in [0.25, 0.3) is 0 Å². The van der Waals surface area contributed by atoms with Crippen molar-refractivity contribution >= 4 is 29.8 Å². The summed E-state index contributed by atoms with van der Waals surface area (Å²) in [6.45, 7) is -1.11. The third kappa shape index (κ3) is 5.77. The first-order chi connectivity index (χ1) is 14.6. The second-order valence-electron chi connectivity index (χ2n) is 5.70. The van der Waals surface area contributed by atoms with E-state index in [9.17, 15) is 24.0 Å². The Labute approximate surface area is 172 Å². The minimum atomic E-state index is -1.54. The number of hydrogen-bond donors (Lipinski definition) is 4. The van der Waals surface area contributed by atoms with Gasteiger partial charge in [0.05, 0.1) is 27.8 Å². The Morgan fingerprint density at radius 2 is 1.16 bits per heavy atom. The molecule has 0 aliphatic heterocycles. The molecule has 12 heteroatoms. The first-order valence-electron chi connectivity index (χ1n) is 8.20. The molecule has 0 amide bonds. The van der Waals surface area contributed by atoms with Crippen molar-refractivity contribution in [3.8, 4) is 5.75 Å². The van der Waals surface area contributed by atoms with Crippen molar-refractivity contribution in [2.75, 3.05) is 13.6 Å². The molecular weight excluding hydrogens is 420 g/mol. The Balaban J connectivity index is 1.91. The van der Waals surface area contributed by atoms with Crippen LogP contribution in [0.25, 0.3) is 0 Å². The maximum Gasteiger partial charge on any atom is 0.340 e. The van der Waals surface area contributed by atoms with Crippen molar-refractivity contribution in [3.63, 3.8) is 0 Å². The van der Waals surface area contributed by atoms with E-state index < -0.39 is 65.7 Å². The van der Waals surface area contributed by atoms with Crippen LogP contribution in [0.15, 0.2) is 36.4 Å². The van der Waals surface area contributed by atoms with Crippen LogP contribution in [-0.2, 0) is 9.47 Å². The summed E-state index contributed by atoms with van der Waals surface area (Å²) >= 11 is 0. The number of rotatable bonds is 10. The zero-order chi connectivity index (χ0) is 23.1. The van der Waals surface area contributed by atoms with Crippen LogP contribution in [0, 0.1) is 0 Å². The van der Waals surface area contributed by atoms with Gasteiger partial charge in [-0.2, -0.15) is 0 Å². The molecule has 0 radical (unpaired) electrons. The molecule has 0 aliphatic rings. The van der Waals surface area contributed by atoms with Crippen molar-refractivity contribution < 1.29 is 58.6 Å². The Kier molecular flexibility index (Phi) is 7.25. The van der Waals surface area contributed by atoms with Gasteiger partial charge in [-0.15, -0.1) is 0 Å². The van der Waals surface area contributed by atoms with Crippen LogP contribution in [0.1, 0.15) is 51.8 Å². The predicted molar refractivity (Wildman–Crippen MR) is 97.6 cm³/mol. The highest BCUT2D eigenvalue weighted by Crippen LogP contribution is 2.18. The topological polar surface area (TPSA) is 194 Å². The van der Waals surface area contributed by atoms with Gasteiger partial charge >= 0.3 is 29.8 Å². The second-order valence-corrected chi connectivity index (χ2v) is 5.70. The summed E-state index contributed by atoms with van der Waals surface area (Å²) in [4.78, 5) is 56.2.